The number of Topliss-reactive ketones (excluding diaryl/α,β-unsaturated/α-hetero) is 1. The third kappa shape index (κ3) is 5.09. The highest BCUT2D eigenvalue weighted by Crippen LogP contribution is 2.41. The van der Waals surface area contributed by atoms with E-state index >= 15 is 0 Å². The lowest BCUT2D eigenvalue weighted by molar-refractivity contribution is -0.140. The quantitative estimate of drug-likeness (QED) is 0.231. The van der Waals surface area contributed by atoms with Crippen molar-refractivity contribution in [1.82, 2.24) is 4.90 Å². The van der Waals surface area contributed by atoms with Gasteiger partial charge in [0.1, 0.15) is 11.5 Å². The van der Waals surface area contributed by atoms with E-state index < -0.39 is 17.7 Å². The van der Waals surface area contributed by atoms with Gasteiger partial charge in [-0.2, -0.15) is 0 Å². The molecule has 2 aromatic carbocycles. The number of methoxy groups -OCH3 is 1. The maximum absolute atomic E-state index is 13.0. The second kappa shape index (κ2) is 10.9. The third-order valence-electron chi connectivity index (χ3n) is 5.21. The van der Waals surface area contributed by atoms with Crippen LogP contribution in [0.15, 0.2) is 48.0 Å². The number of carbonyl (C=O) groups excluding carboxylic acids is 2. The van der Waals surface area contributed by atoms with Gasteiger partial charge in [-0.15, -0.1) is 0 Å². The lowest BCUT2D eigenvalue weighted by atomic mass is 9.95. The maximum Gasteiger partial charge on any atom is 0.295 e. The van der Waals surface area contributed by atoms with E-state index in [1.165, 1.54) is 12.0 Å². The number of carbonyl (C=O) groups is 2. The molecule has 32 heavy (non-hydrogen) atoms. The van der Waals surface area contributed by atoms with Crippen LogP contribution in [0.4, 0.5) is 0 Å². The maximum atomic E-state index is 13.0. The topological polar surface area (TPSA) is 76.1 Å². The van der Waals surface area contributed by atoms with Crippen LogP contribution >= 0.6 is 23.2 Å². The first-order valence-electron chi connectivity index (χ1n) is 10.3. The minimum absolute atomic E-state index is 0.0183. The van der Waals surface area contributed by atoms with Gasteiger partial charge in [-0.25, -0.2) is 0 Å². The summed E-state index contributed by atoms with van der Waals surface area (Å²) in [5.74, 6) is -1.19. The zero-order valence-electron chi connectivity index (χ0n) is 17.9. The van der Waals surface area contributed by atoms with Crippen LogP contribution in [-0.2, 0) is 14.3 Å². The Morgan fingerprint density at radius 2 is 1.88 bits per heavy atom. The fourth-order valence-electron chi connectivity index (χ4n) is 3.55. The Kier molecular flexibility index (Phi) is 8.18. The van der Waals surface area contributed by atoms with E-state index in [9.17, 15) is 14.7 Å². The summed E-state index contributed by atoms with van der Waals surface area (Å²) >= 11 is 12.3. The second-order valence-electron chi connectivity index (χ2n) is 7.39. The van der Waals surface area contributed by atoms with Crippen molar-refractivity contribution in [2.24, 2.45) is 0 Å². The molecule has 0 aromatic heterocycles. The van der Waals surface area contributed by atoms with Crippen LogP contribution in [0.25, 0.3) is 5.76 Å². The van der Waals surface area contributed by atoms with Crippen molar-refractivity contribution in [2.45, 2.75) is 25.8 Å². The molecule has 0 aliphatic carbocycles. The number of aliphatic hydroxyl groups is 1. The SMILES string of the molecule is CCCCOc1cccc(/C(O)=C2\C(=O)C(=O)N(CCOC)C2c2ccc(Cl)c(Cl)c2)c1. The molecule has 1 saturated heterocycles. The fourth-order valence-corrected chi connectivity index (χ4v) is 3.86. The molecule has 0 radical (unpaired) electrons. The number of benzene rings is 2. The van der Waals surface area contributed by atoms with Crippen molar-refractivity contribution in [1.29, 1.82) is 0 Å². The van der Waals surface area contributed by atoms with Crippen LogP contribution in [-0.4, -0.2) is 48.6 Å². The molecule has 8 heteroatoms. The Labute approximate surface area is 197 Å². The Morgan fingerprint density at radius 1 is 1.09 bits per heavy atom. The Bertz CT molecular complexity index is 1040. The smallest absolute Gasteiger partial charge is 0.295 e. The van der Waals surface area contributed by atoms with Gasteiger partial charge in [0.25, 0.3) is 11.7 Å². The predicted octanol–water partition coefficient (Wildman–Crippen LogP) is 5.24. The number of hydrogen-bond acceptors (Lipinski definition) is 5. The third-order valence-corrected chi connectivity index (χ3v) is 5.95. The largest absolute Gasteiger partial charge is 0.507 e. The molecule has 1 aliphatic heterocycles. The summed E-state index contributed by atoms with van der Waals surface area (Å²) in [7, 11) is 1.51. The number of aliphatic hydroxyl groups excluding tert-OH is 1. The summed E-state index contributed by atoms with van der Waals surface area (Å²) in [6, 6.07) is 10.9. The van der Waals surface area contributed by atoms with Gasteiger partial charge in [-0.05, 0) is 36.2 Å². The highest BCUT2D eigenvalue weighted by molar-refractivity contribution is 6.46. The van der Waals surface area contributed by atoms with Gasteiger partial charge in [-0.1, -0.05) is 54.7 Å². The molecule has 3 rings (SSSR count). The molecule has 1 heterocycles. The van der Waals surface area contributed by atoms with E-state index in [4.69, 9.17) is 32.7 Å². The standard InChI is InChI=1S/C24H25Cl2NO5/c1-3-4-11-32-17-7-5-6-16(13-17)22(28)20-21(15-8-9-18(25)19(26)14-15)27(10-12-31-2)24(30)23(20)29/h5-9,13-14,21,28H,3-4,10-12H2,1-2H3/b22-20+. The molecule has 0 spiro atoms. The van der Waals surface area contributed by atoms with Gasteiger partial charge in [0.05, 0.1) is 34.9 Å². The molecule has 1 atom stereocenters. The number of hydrogen-bond donors (Lipinski definition) is 1. The van der Waals surface area contributed by atoms with Gasteiger partial charge in [0.15, 0.2) is 0 Å². The first kappa shape index (κ1) is 24.1. The summed E-state index contributed by atoms with van der Waals surface area (Å²) in [6.07, 6.45) is 1.90. The second-order valence-corrected chi connectivity index (χ2v) is 8.20. The number of nitrogens with zero attached hydrogens (tertiary/aromatic N) is 1. The minimum atomic E-state index is -0.829. The van der Waals surface area contributed by atoms with Crippen LogP contribution in [0.1, 0.15) is 36.9 Å². The van der Waals surface area contributed by atoms with Gasteiger partial charge >= 0.3 is 0 Å². The number of ether oxygens (including phenoxy) is 2. The van der Waals surface area contributed by atoms with Gasteiger partial charge in [0.2, 0.25) is 0 Å². The molecule has 1 unspecified atom stereocenters. The summed E-state index contributed by atoms with van der Waals surface area (Å²) in [5.41, 5.74) is 0.926. The van der Waals surface area contributed by atoms with Crippen molar-refractivity contribution in [3.8, 4) is 5.75 Å². The summed E-state index contributed by atoms with van der Waals surface area (Å²) in [6.45, 7) is 3.01. The van der Waals surface area contributed by atoms with Crippen LogP contribution in [0.2, 0.25) is 10.0 Å². The zero-order chi connectivity index (χ0) is 23.3. The van der Waals surface area contributed by atoms with E-state index in [-0.39, 0.29) is 29.5 Å². The molecule has 0 saturated carbocycles. The van der Waals surface area contributed by atoms with Crippen molar-refractivity contribution < 1.29 is 24.2 Å². The van der Waals surface area contributed by atoms with E-state index in [1.54, 1.807) is 42.5 Å². The number of unbranched alkanes of at least 4 members (excludes halogenated alkanes) is 1. The number of halogens is 2. The molecule has 1 fully saturated rings. The van der Waals surface area contributed by atoms with Crippen molar-refractivity contribution in [2.75, 3.05) is 26.9 Å². The minimum Gasteiger partial charge on any atom is -0.507 e. The Morgan fingerprint density at radius 3 is 2.56 bits per heavy atom. The molecular formula is C24H25Cl2NO5. The molecule has 2 aromatic rings. The Hall–Kier alpha value is -2.54. The fraction of sp³-hybridized carbons (Fsp3) is 0.333. The molecular weight excluding hydrogens is 453 g/mol. The van der Waals surface area contributed by atoms with Crippen molar-refractivity contribution in [3.05, 3.63) is 69.2 Å². The van der Waals surface area contributed by atoms with Gasteiger partial charge in [0, 0.05) is 19.2 Å². The molecule has 6 nitrogen and oxygen atoms in total. The molecule has 170 valence electrons. The summed E-state index contributed by atoms with van der Waals surface area (Å²) in [4.78, 5) is 27.2. The lowest BCUT2D eigenvalue weighted by Crippen LogP contribution is -2.32. The predicted molar refractivity (Wildman–Crippen MR) is 124 cm³/mol. The summed E-state index contributed by atoms with van der Waals surface area (Å²) in [5, 5.41) is 11.8. The lowest BCUT2D eigenvalue weighted by Gasteiger charge is -2.25. The number of likely N-dealkylation sites (tertiary alicyclic amines) is 1. The normalized spacial score (nSPS) is 17.8. The average Bonchev–Trinajstić information content (AvgIpc) is 3.04. The van der Waals surface area contributed by atoms with E-state index in [2.05, 4.69) is 6.92 Å². The van der Waals surface area contributed by atoms with Crippen LogP contribution < -0.4 is 4.74 Å². The Balaban J connectivity index is 2.09. The molecule has 1 aliphatic rings. The zero-order valence-corrected chi connectivity index (χ0v) is 19.4. The van der Waals surface area contributed by atoms with E-state index in [0.29, 0.717) is 28.5 Å². The molecule has 0 bridgehead atoms. The number of ketones is 1. The molecule has 1 N–H and O–H groups in total. The van der Waals surface area contributed by atoms with Crippen LogP contribution in [0.5, 0.6) is 5.75 Å². The summed E-state index contributed by atoms with van der Waals surface area (Å²) < 4.78 is 10.8. The first-order valence-corrected chi connectivity index (χ1v) is 11.1. The first-order chi connectivity index (χ1) is 15.4. The van der Waals surface area contributed by atoms with E-state index in [1.807, 2.05) is 0 Å². The highest BCUT2D eigenvalue weighted by Gasteiger charge is 2.46. The molecule has 1 amide bonds. The highest BCUT2D eigenvalue weighted by atomic mass is 35.5. The van der Waals surface area contributed by atoms with Crippen molar-refractivity contribution >= 4 is 40.7 Å². The van der Waals surface area contributed by atoms with Gasteiger partial charge < -0.3 is 19.5 Å². The van der Waals surface area contributed by atoms with Gasteiger partial charge in [-0.3, -0.25) is 9.59 Å². The van der Waals surface area contributed by atoms with Crippen LogP contribution in [0.3, 0.4) is 0 Å². The van der Waals surface area contributed by atoms with Crippen molar-refractivity contribution in [3.63, 3.8) is 0 Å². The van der Waals surface area contributed by atoms with Crippen LogP contribution in [0, 0.1) is 0 Å². The van der Waals surface area contributed by atoms with E-state index in [0.717, 1.165) is 12.8 Å². The average molecular weight is 478 g/mol. The number of amides is 1. The monoisotopic (exact) mass is 477 g/mol. The number of rotatable bonds is 9.